The first-order chi connectivity index (χ1) is 11.4. The molecule has 3 nitrogen and oxygen atoms in total. The lowest BCUT2D eigenvalue weighted by molar-refractivity contribution is -0.138. The van der Waals surface area contributed by atoms with E-state index in [4.69, 9.17) is 16.3 Å². The number of Topliss-reactive ketones (excluding diaryl/α,β-unsaturated/α-hetero) is 1. The molecule has 132 valence electrons. The van der Waals surface area contributed by atoms with Gasteiger partial charge < -0.3 is 4.74 Å². The lowest BCUT2D eigenvalue weighted by Gasteiger charge is -2.13. The Balaban J connectivity index is 3.48. The molecule has 0 heterocycles. The van der Waals surface area contributed by atoms with Gasteiger partial charge in [0, 0.05) is 0 Å². The monoisotopic (exact) mass is 394 g/mol. The summed E-state index contributed by atoms with van der Waals surface area (Å²) in [7, 11) is 0. The molecule has 1 aromatic rings. The number of hydrogen-bond donors (Lipinski definition) is 0. The molecule has 0 aliphatic carbocycles. The van der Waals surface area contributed by atoms with E-state index >= 15 is 0 Å². The van der Waals surface area contributed by atoms with Crippen LogP contribution in [0.25, 0.3) is 0 Å². The molecule has 1 rings (SSSR count). The third-order valence-electron chi connectivity index (χ3n) is 2.72. The van der Waals surface area contributed by atoms with Crippen LogP contribution in [-0.2, 0) is 9.53 Å². The van der Waals surface area contributed by atoms with Gasteiger partial charge in [-0.1, -0.05) is 25.4 Å². The number of ether oxygens (including phenoxy) is 1. The van der Waals surface area contributed by atoms with E-state index < -0.39 is 34.0 Å². The molecule has 0 spiro atoms. The number of rotatable bonds is 8. The van der Waals surface area contributed by atoms with Crippen LogP contribution in [0.4, 0.5) is 8.78 Å². The van der Waals surface area contributed by atoms with E-state index in [1.165, 1.54) is 23.5 Å². The Kier molecular flexibility index (Phi) is 8.80. The van der Waals surface area contributed by atoms with Gasteiger partial charge in [-0.25, -0.2) is 13.6 Å². The van der Waals surface area contributed by atoms with Crippen LogP contribution < -0.4 is 0 Å². The zero-order valence-electron chi connectivity index (χ0n) is 13.5. The van der Waals surface area contributed by atoms with Crippen LogP contribution in [0.5, 0.6) is 0 Å². The van der Waals surface area contributed by atoms with Crippen LogP contribution in [-0.4, -0.2) is 29.9 Å². The SMILES string of the molecule is CCOC(=O)C(C(=O)c1cc(F)c(Cl)cc1F)=C(SCC)SCC. The van der Waals surface area contributed by atoms with Crippen molar-refractivity contribution in [3.8, 4) is 0 Å². The summed E-state index contributed by atoms with van der Waals surface area (Å²) in [4.78, 5) is 24.9. The van der Waals surface area contributed by atoms with Crippen molar-refractivity contribution in [2.75, 3.05) is 18.1 Å². The Morgan fingerprint density at radius 2 is 1.67 bits per heavy atom. The predicted octanol–water partition coefficient (Wildman–Crippen LogP) is 5.08. The van der Waals surface area contributed by atoms with E-state index in [9.17, 15) is 18.4 Å². The minimum Gasteiger partial charge on any atom is -0.462 e. The van der Waals surface area contributed by atoms with E-state index in [0.29, 0.717) is 27.9 Å². The van der Waals surface area contributed by atoms with Crippen molar-refractivity contribution in [2.24, 2.45) is 0 Å². The van der Waals surface area contributed by atoms with Crippen LogP contribution >= 0.6 is 35.1 Å². The topological polar surface area (TPSA) is 43.4 Å². The summed E-state index contributed by atoms with van der Waals surface area (Å²) in [5, 5.41) is -0.434. The van der Waals surface area contributed by atoms with Crippen molar-refractivity contribution in [3.05, 3.63) is 44.2 Å². The number of carbonyl (C=O) groups is 2. The lowest BCUT2D eigenvalue weighted by atomic mass is 10.0. The Hall–Kier alpha value is -1.05. The van der Waals surface area contributed by atoms with Crippen molar-refractivity contribution in [3.63, 3.8) is 0 Å². The number of ketones is 1. The molecule has 0 aromatic heterocycles. The Bertz CT molecular complexity index is 655. The third kappa shape index (κ3) is 5.22. The summed E-state index contributed by atoms with van der Waals surface area (Å²) in [6, 6.07) is 1.41. The van der Waals surface area contributed by atoms with Gasteiger partial charge in [0.25, 0.3) is 0 Å². The van der Waals surface area contributed by atoms with Crippen LogP contribution in [0.2, 0.25) is 5.02 Å². The maximum absolute atomic E-state index is 14.1. The molecule has 24 heavy (non-hydrogen) atoms. The molecular weight excluding hydrogens is 378 g/mol. The fraction of sp³-hybridized carbons (Fsp3) is 0.375. The molecule has 1 aromatic carbocycles. The van der Waals surface area contributed by atoms with Gasteiger partial charge in [0.15, 0.2) is 0 Å². The second-order valence-electron chi connectivity index (χ2n) is 4.32. The minimum absolute atomic E-state index is 0.0634. The van der Waals surface area contributed by atoms with Crippen LogP contribution in [0.3, 0.4) is 0 Å². The van der Waals surface area contributed by atoms with Crippen molar-refractivity contribution in [1.82, 2.24) is 0 Å². The molecule has 0 aliphatic heterocycles. The fourth-order valence-corrected chi connectivity index (χ4v) is 4.11. The lowest BCUT2D eigenvalue weighted by Crippen LogP contribution is -2.19. The molecule has 0 atom stereocenters. The third-order valence-corrected chi connectivity index (χ3v) is 5.22. The zero-order valence-corrected chi connectivity index (χ0v) is 15.8. The number of esters is 1. The number of benzene rings is 1. The average Bonchev–Trinajstić information content (AvgIpc) is 2.51. The minimum atomic E-state index is -0.990. The van der Waals surface area contributed by atoms with Crippen molar-refractivity contribution < 1.29 is 23.1 Å². The fourth-order valence-electron chi connectivity index (χ4n) is 1.75. The molecule has 0 radical (unpaired) electrons. The molecule has 0 N–H and O–H groups in total. The smallest absolute Gasteiger partial charge is 0.343 e. The van der Waals surface area contributed by atoms with Crippen LogP contribution in [0.1, 0.15) is 31.1 Å². The van der Waals surface area contributed by atoms with E-state index in [2.05, 4.69) is 0 Å². The highest BCUT2D eigenvalue weighted by atomic mass is 35.5. The van der Waals surface area contributed by atoms with Gasteiger partial charge in [0.2, 0.25) is 5.78 Å². The highest BCUT2D eigenvalue weighted by Gasteiger charge is 2.28. The van der Waals surface area contributed by atoms with Gasteiger partial charge in [-0.15, -0.1) is 23.5 Å². The van der Waals surface area contributed by atoms with Gasteiger partial charge in [0.05, 0.1) is 21.4 Å². The number of halogens is 3. The quantitative estimate of drug-likeness (QED) is 0.153. The van der Waals surface area contributed by atoms with E-state index in [0.717, 1.165) is 0 Å². The maximum atomic E-state index is 14.1. The molecule has 0 bridgehead atoms. The van der Waals surface area contributed by atoms with Crippen molar-refractivity contribution in [2.45, 2.75) is 20.8 Å². The highest BCUT2D eigenvalue weighted by molar-refractivity contribution is 8.22. The molecule has 0 saturated heterocycles. The van der Waals surface area contributed by atoms with E-state index in [-0.39, 0.29) is 12.2 Å². The summed E-state index contributed by atoms with van der Waals surface area (Å²) < 4.78 is 33.1. The van der Waals surface area contributed by atoms with Gasteiger partial charge in [-0.2, -0.15) is 0 Å². The second kappa shape index (κ2) is 10.1. The molecule has 0 aliphatic rings. The van der Waals surface area contributed by atoms with E-state index in [1.54, 1.807) is 6.92 Å². The Labute approximate surface area is 153 Å². The molecule has 0 amide bonds. The maximum Gasteiger partial charge on any atom is 0.343 e. The molecule has 8 heteroatoms. The number of thioether (sulfide) groups is 2. The van der Waals surface area contributed by atoms with Gasteiger partial charge in [-0.3, -0.25) is 4.79 Å². The first kappa shape index (κ1) is 21.0. The molecule has 0 fully saturated rings. The summed E-state index contributed by atoms with van der Waals surface area (Å²) >= 11 is 8.06. The van der Waals surface area contributed by atoms with Crippen molar-refractivity contribution in [1.29, 1.82) is 0 Å². The van der Waals surface area contributed by atoms with Gasteiger partial charge in [0.1, 0.15) is 17.2 Å². The summed E-state index contributed by atoms with van der Waals surface area (Å²) in [5.41, 5.74) is -0.831. The number of hydrogen-bond acceptors (Lipinski definition) is 5. The first-order valence-corrected chi connectivity index (χ1v) is 9.58. The summed E-state index contributed by atoms with van der Waals surface area (Å²) in [5.74, 6) is -2.48. The standard InChI is InChI=1S/C16H17ClF2O3S2/c1-4-22-15(21)13(16(23-5-2)24-6-3)14(20)9-7-12(19)10(17)8-11(9)18/h7-8H,4-6H2,1-3H3. The second-order valence-corrected chi connectivity index (χ2v) is 7.54. The van der Waals surface area contributed by atoms with Gasteiger partial charge >= 0.3 is 5.97 Å². The summed E-state index contributed by atoms with van der Waals surface area (Å²) in [6.45, 7) is 5.38. The molecule has 0 unspecified atom stereocenters. The first-order valence-electron chi connectivity index (χ1n) is 7.23. The van der Waals surface area contributed by atoms with Crippen molar-refractivity contribution >= 4 is 46.9 Å². The average molecular weight is 395 g/mol. The Morgan fingerprint density at radius 3 is 2.17 bits per heavy atom. The molecular formula is C16H17ClF2O3S2. The largest absolute Gasteiger partial charge is 0.462 e. The highest BCUT2D eigenvalue weighted by Crippen LogP contribution is 2.34. The van der Waals surface area contributed by atoms with Crippen LogP contribution in [0, 0.1) is 11.6 Å². The normalized spacial score (nSPS) is 10.4. The molecule has 0 saturated carbocycles. The van der Waals surface area contributed by atoms with Gasteiger partial charge in [-0.05, 0) is 30.6 Å². The predicted molar refractivity (Wildman–Crippen MR) is 95.6 cm³/mol. The van der Waals surface area contributed by atoms with Crippen LogP contribution in [0.15, 0.2) is 21.9 Å². The zero-order chi connectivity index (χ0) is 18.3. The Morgan fingerprint density at radius 1 is 1.08 bits per heavy atom. The van der Waals surface area contributed by atoms with E-state index in [1.807, 2.05) is 13.8 Å². The number of carbonyl (C=O) groups excluding carboxylic acids is 2. The summed E-state index contributed by atoms with van der Waals surface area (Å²) in [6.07, 6.45) is 0.